The standard InChI is InChI=1S/C17H23NO3/c1-5-21-17(3,4)12-18-16(20)15-9-8-13(2)11-14(15)7-6-10-19/h8-9,11,19H,5,10,12H2,1-4H3,(H,18,20). The van der Waals surface area contributed by atoms with Crippen LogP contribution in [-0.2, 0) is 4.74 Å². The van der Waals surface area contributed by atoms with Crippen LogP contribution in [0.1, 0.15) is 42.3 Å². The number of carbonyl (C=O) groups excluding carboxylic acids is 1. The van der Waals surface area contributed by atoms with Crippen LogP contribution in [0.5, 0.6) is 0 Å². The van der Waals surface area contributed by atoms with Crippen molar-refractivity contribution in [1.29, 1.82) is 0 Å². The Kier molecular flexibility index (Phi) is 6.41. The molecule has 0 aromatic heterocycles. The number of rotatable bonds is 5. The van der Waals surface area contributed by atoms with Gasteiger partial charge in [-0.05, 0) is 45.4 Å². The number of ether oxygens (including phenoxy) is 1. The molecular weight excluding hydrogens is 266 g/mol. The van der Waals surface area contributed by atoms with Crippen LogP contribution in [0.3, 0.4) is 0 Å². The summed E-state index contributed by atoms with van der Waals surface area (Å²) in [7, 11) is 0. The van der Waals surface area contributed by atoms with Gasteiger partial charge in [-0.15, -0.1) is 0 Å². The molecule has 0 saturated carbocycles. The van der Waals surface area contributed by atoms with Crippen molar-refractivity contribution >= 4 is 5.91 Å². The minimum atomic E-state index is -0.411. The molecule has 0 saturated heterocycles. The lowest BCUT2D eigenvalue weighted by molar-refractivity contribution is -0.00815. The maximum absolute atomic E-state index is 12.3. The van der Waals surface area contributed by atoms with Crippen LogP contribution in [0.2, 0.25) is 0 Å². The fourth-order valence-corrected chi connectivity index (χ4v) is 1.92. The Labute approximate surface area is 126 Å². The van der Waals surface area contributed by atoms with E-state index in [9.17, 15) is 4.79 Å². The number of hydrogen-bond acceptors (Lipinski definition) is 3. The van der Waals surface area contributed by atoms with E-state index < -0.39 is 5.60 Å². The lowest BCUT2D eigenvalue weighted by Crippen LogP contribution is -2.40. The van der Waals surface area contributed by atoms with E-state index in [1.807, 2.05) is 39.8 Å². The van der Waals surface area contributed by atoms with E-state index in [4.69, 9.17) is 9.84 Å². The Morgan fingerprint density at radius 2 is 2.14 bits per heavy atom. The number of amides is 1. The molecule has 0 radical (unpaired) electrons. The van der Waals surface area contributed by atoms with Crippen molar-refractivity contribution in [3.63, 3.8) is 0 Å². The van der Waals surface area contributed by atoms with Crippen LogP contribution in [0, 0.1) is 18.8 Å². The molecular formula is C17H23NO3. The summed E-state index contributed by atoms with van der Waals surface area (Å²) in [5, 5.41) is 11.7. The number of carbonyl (C=O) groups is 1. The van der Waals surface area contributed by atoms with Crippen LogP contribution in [-0.4, -0.2) is 36.4 Å². The molecule has 0 aliphatic heterocycles. The molecule has 1 aromatic rings. The van der Waals surface area contributed by atoms with Crippen molar-refractivity contribution in [3.8, 4) is 11.8 Å². The minimum absolute atomic E-state index is 0.190. The second kappa shape index (κ2) is 7.82. The number of hydrogen-bond donors (Lipinski definition) is 2. The van der Waals surface area contributed by atoms with Gasteiger partial charge in [0.1, 0.15) is 6.61 Å². The smallest absolute Gasteiger partial charge is 0.252 e. The third-order valence-electron chi connectivity index (χ3n) is 2.93. The summed E-state index contributed by atoms with van der Waals surface area (Å²) in [6.45, 7) is 8.50. The summed E-state index contributed by atoms with van der Waals surface area (Å²) in [5.41, 5.74) is 1.74. The molecule has 4 heteroatoms. The molecule has 1 amide bonds. The van der Waals surface area contributed by atoms with Crippen molar-refractivity contribution in [2.45, 2.75) is 33.3 Å². The molecule has 0 aliphatic carbocycles. The maximum Gasteiger partial charge on any atom is 0.252 e. The van der Waals surface area contributed by atoms with Gasteiger partial charge in [-0.2, -0.15) is 0 Å². The molecule has 0 bridgehead atoms. The summed E-state index contributed by atoms with van der Waals surface area (Å²) in [6.07, 6.45) is 0. The van der Waals surface area contributed by atoms with E-state index in [-0.39, 0.29) is 12.5 Å². The Balaban J connectivity index is 2.87. The van der Waals surface area contributed by atoms with Gasteiger partial charge >= 0.3 is 0 Å². The first-order valence-electron chi connectivity index (χ1n) is 7.02. The van der Waals surface area contributed by atoms with Crippen LogP contribution in [0.15, 0.2) is 18.2 Å². The average Bonchev–Trinajstić information content (AvgIpc) is 2.42. The van der Waals surface area contributed by atoms with E-state index in [0.29, 0.717) is 24.3 Å². The van der Waals surface area contributed by atoms with Gasteiger partial charge in [0.2, 0.25) is 0 Å². The van der Waals surface area contributed by atoms with Crippen LogP contribution in [0.4, 0.5) is 0 Å². The van der Waals surface area contributed by atoms with Gasteiger partial charge < -0.3 is 15.2 Å². The lowest BCUT2D eigenvalue weighted by Gasteiger charge is -2.25. The summed E-state index contributed by atoms with van der Waals surface area (Å²) in [6, 6.07) is 5.46. The molecule has 0 spiro atoms. The molecule has 0 fully saturated rings. The van der Waals surface area contributed by atoms with Crippen molar-refractivity contribution < 1.29 is 14.6 Å². The van der Waals surface area contributed by atoms with E-state index in [1.165, 1.54) is 0 Å². The van der Waals surface area contributed by atoms with Crippen molar-refractivity contribution in [1.82, 2.24) is 5.32 Å². The van der Waals surface area contributed by atoms with E-state index in [0.717, 1.165) is 5.56 Å². The second-order valence-electron chi connectivity index (χ2n) is 5.38. The molecule has 21 heavy (non-hydrogen) atoms. The van der Waals surface area contributed by atoms with Crippen LogP contribution in [0.25, 0.3) is 0 Å². The van der Waals surface area contributed by atoms with Gasteiger partial charge in [0.25, 0.3) is 5.91 Å². The van der Waals surface area contributed by atoms with Gasteiger partial charge in [-0.25, -0.2) is 0 Å². The van der Waals surface area contributed by atoms with E-state index in [1.54, 1.807) is 6.07 Å². The van der Waals surface area contributed by atoms with Crippen LogP contribution >= 0.6 is 0 Å². The Morgan fingerprint density at radius 1 is 1.43 bits per heavy atom. The summed E-state index contributed by atoms with van der Waals surface area (Å²) in [5.74, 6) is 5.21. The first-order chi connectivity index (χ1) is 9.89. The highest BCUT2D eigenvalue weighted by atomic mass is 16.5. The number of nitrogens with one attached hydrogen (secondary N) is 1. The predicted octanol–water partition coefficient (Wildman–Crippen LogP) is 1.88. The molecule has 0 unspecified atom stereocenters. The quantitative estimate of drug-likeness (QED) is 0.814. The zero-order chi connectivity index (χ0) is 15.9. The molecule has 114 valence electrons. The van der Waals surface area contributed by atoms with Gasteiger partial charge in [-0.1, -0.05) is 17.9 Å². The fourth-order valence-electron chi connectivity index (χ4n) is 1.92. The highest BCUT2D eigenvalue weighted by Crippen LogP contribution is 2.12. The first-order valence-corrected chi connectivity index (χ1v) is 7.02. The number of aryl methyl sites for hydroxylation is 1. The minimum Gasteiger partial charge on any atom is -0.384 e. The van der Waals surface area contributed by atoms with Crippen molar-refractivity contribution in [3.05, 3.63) is 34.9 Å². The van der Waals surface area contributed by atoms with E-state index >= 15 is 0 Å². The third kappa shape index (κ3) is 5.58. The van der Waals surface area contributed by atoms with Gasteiger partial charge in [-0.3, -0.25) is 4.79 Å². The largest absolute Gasteiger partial charge is 0.384 e. The monoisotopic (exact) mass is 289 g/mol. The van der Waals surface area contributed by atoms with Gasteiger partial charge in [0, 0.05) is 18.7 Å². The number of aliphatic hydroxyl groups excluding tert-OH is 1. The van der Waals surface area contributed by atoms with Gasteiger partial charge in [0.05, 0.1) is 11.2 Å². The first kappa shape index (κ1) is 17.2. The maximum atomic E-state index is 12.3. The van der Waals surface area contributed by atoms with E-state index in [2.05, 4.69) is 17.2 Å². The second-order valence-corrected chi connectivity index (χ2v) is 5.38. The molecule has 2 N–H and O–H groups in total. The highest BCUT2D eigenvalue weighted by Gasteiger charge is 2.19. The molecule has 0 heterocycles. The molecule has 0 atom stereocenters. The summed E-state index contributed by atoms with van der Waals surface area (Å²) < 4.78 is 5.55. The van der Waals surface area contributed by atoms with Crippen LogP contribution < -0.4 is 5.32 Å². The third-order valence-corrected chi connectivity index (χ3v) is 2.93. The molecule has 0 aliphatic rings. The predicted molar refractivity (Wildman–Crippen MR) is 83.2 cm³/mol. The Morgan fingerprint density at radius 3 is 2.76 bits per heavy atom. The summed E-state index contributed by atoms with van der Waals surface area (Å²) in [4.78, 5) is 12.3. The number of aliphatic hydroxyl groups is 1. The molecule has 1 aromatic carbocycles. The topological polar surface area (TPSA) is 58.6 Å². The lowest BCUT2D eigenvalue weighted by atomic mass is 10.0. The Bertz CT molecular complexity index is 553. The van der Waals surface area contributed by atoms with Crippen molar-refractivity contribution in [2.75, 3.05) is 19.8 Å². The highest BCUT2D eigenvalue weighted by molar-refractivity contribution is 5.96. The average molecular weight is 289 g/mol. The summed E-state index contributed by atoms with van der Waals surface area (Å²) >= 11 is 0. The number of benzene rings is 1. The SMILES string of the molecule is CCOC(C)(C)CNC(=O)c1ccc(C)cc1C#CCO. The Hall–Kier alpha value is -1.83. The van der Waals surface area contributed by atoms with Crippen molar-refractivity contribution in [2.24, 2.45) is 0 Å². The van der Waals surface area contributed by atoms with Gasteiger partial charge in [0.15, 0.2) is 0 Å². The molecule has 4 nitrogen and oxygen atoms in total. The fraction of sp³-hybridized carbons (Fsp3) is 0.471. The normalized spacial score (nSPS) is 10.7. The molecule has 1 rings (SSSR count). The zero-order valence-corrected chi connectivity index (χ0v) is 13.1. The zero-order valence-electron chi connectivity index (χ0n) is 13.1.